The first kappa shape index (κ1) is 23.8. The van der Waals surface area contributed by atoms with Gasteiger partial charge in [0.2, 0.25) is 5.91 Å². The molecular weight excluding hydrogens is 424 g/mol. The van der Waals surface area contributed by atoms with Gasteiger partial charge in [-0.25, -0.2) is 8.42 Å². The largest absolute Gasteiger partial charge is 0.365 e. The van der Waals surface area contributed by atoms with E-state index in [9.17, 15) is 13.2 Å². The van der Waals surface area contributed by atoms with Crippen LogP contribution < -0.4 is 14.9 Å². The van der Waals surface area contributed by atoms with Gasteiger partial charge in [-0.2, -0.15) is 0 Å². The van der Waals surface area contributed by atoms with Gasteiger partial charge in [0.1, 0.15) is 5.84 Å². The van der Waals surface area contributed by atoms with E-state index in [1.807, 2.05) is 24.1 Å². The maximum atomic E-state index is 12.8. The molecule has 7 nitrogen and oxygen atoms in total. The summed E-state index contributed by atoms with van der Waals surface area (Å²) in [5, 5.41) is 2.80. The lowest BCUT2D eigenvalue weighted by molar-refractivity contribution is -0.114. The van der Waals surface area contributed by atoms with Gasteiger partial charge in [-0.1, -0.05) is 38.5 Å². The predicted octanol–water partition coefficient (Wildman–Crippen LogP) is 4.14. The Morgan fingerprint density at radius 1 is 1.09 bits per heavy atom. The highest BCUT2D eigenvalue weighted by Crippen LogP contribution is 2.21. The first-order chi connectivity index (χ1) is 15.2. The highest BCUT2D eigenvalue weighted by molar-refractivity contribution is 7.90. The molecule has 2 aromatic carbocycles. The van der Waals surface area contributed by atoms with E-state index in [2.05, 4.69) is 41.0 Å². The molecule has 1 heterocycles. The number of benzene rings is 2. The normalized spacial score (nSPS) is 14.4. The molecule has 0 unspecified atom stereocenters. The van der Waals surface area contributed by atoms with Crippen LogP contribution in [0, 0.1) is 0 Å². The van der Waals surface area contributed by atoms with Crippen molar-refractivity contribution in [3.63, 3.8) is 0 Å². The number of nitrogens with zero attached hydrogens (tertiary/aromatic N) is 2. The first-order valence-electron chi connectivity index (χ1n) is 11.0. The summed E-state index contributed by atoms with van der Waals surface area (Å²) in [6.45, 7) is 5.05. The van der Waals surface area contributed by atoms with E-state index in [0.29, 0.717) is 30.4 Å². The van der Waals surface area contributed by atoms with Gasteiger partial charge in [-0.3, -0.25) is 14.5 Å². The van der Waals surface area contributed by atoms with Crippen molar-refractivity contribution in [2.45, 2.75) is 50.3 Å². The Hall–Kier alpha value is -2.87. The second-order valence-corrected chi connectivity index (χ2v) is 10.1. The van der Waals surface area contributed by atoms with Crippen LogP contribution in [-0.2, 0) is 14.8 Å². The molecule has 0 aromatic heterocycles. The molecule has 0 bridgehead atoms. The quantitative estimate of drug-likeness (QED) is 0.655. The zero-order valence-electron chi connectivity index (χ0n) is 19.0. The summed E-state index contributed by atoms with van der Waals surface area (Å²) in [5.74, 6) is 0.680. The molecule has 0 radical (unpaired) electrons. The van der Waals surface area contributed by atoms with Gasteiger partial charge in [0.25, 0.3) is 10.0 Å². The minimum absolute atomic E-state index is 0.0974. The SMILES string of the molecule is CC(C)c1cccc(N(C)CC(=O)Nc2cccc(S(=O)(=O)NC3=NCCCCC3)c2)c1. The van der Waals surface area contributed by atoms with Gasteiger partial charge in [0.05, 0.1) is 11.4 Å². The predicted molar refractivity (Wildman–Crippen MR) is 130 cm³/mol. The average Bonchev–Trinajstić information content (AvgIpc) is 3.02. The molecule has 3 rings (SSSR count). The number of likely N-dealkylation sites (N-methyl/N-ethyl adjacent to an activating group) is 1. The number of anilines is 2. The summed E-state index contributed by atoms with van der Waals surface area (Å²) in [5.41, 5.74) is 2.60. The Bertz CT molecular complexity index is 1080. The second kappa shape index (κ2) is 10.6. The minimum atomic E-state index is -3.76. The molecule has 1 aliphatic rings. The number of hydrogen-bond acceptors (Lipinski definition) is 5. The molecule has 8 heteroatoms. The Morgan fingerprint density at radius 3 is 2.66 bits per heavy atom. The van der Waals surface area contributed by atoms with Gasteiger partial charge in [0, 0.05) is 31.4 Å². The standard InChI is InChI=1S/C24H32N4O3S/c1-18(2)19-9-7-11-21(15-19)28(3)17-24(29)26-20-10-8-12-22(16-20)32(30,31)27-23-13-5-4-6-14-25-23/h7-12,15-16,18H,4-6,13-14,17H2,1-3H3,(H,25,27)(H,26,29). The summed E-state index contributed by atoms with van der Waals surface area (Å²) in [4.78, 5) is 18.9. The van der Waals surface area contributed by atoms with Crippen molar-refractivity contribution in [2.24, 2.45) is 4.99 Å². The van der Waals surface area contributed by atoms with E-state index < -0.39 is 10.0 Å². The fourth-order valence-corrected chi connectivity index (χ4v) is 4.68. The molecule has 0 saturated carbocycles. The minimum Gasteiger partial charge on any atom is -0.365 e. The molecule has 0 atom stereocenters. The van der Waals surface area contributed by atoms with Crippen LogP contribution in [0.4, 0.5) is 11.4 Å². The van der Waals surface area contributed by atoms with Crippen LogP contribution in [0.25, 0.3) is 0 Å². The Labute approximate surface area is 191 Å². The Balaban J connectivity index is 1.65. The highest BCUT2D eigenvalue weighted by Gasteiger charge is 2.18. The van der Waals surface area contributed by atoms with Gasteiger partial charge in [-0.15, -0.1) is 0 Å². The number of nitrogens with one attached hydrogen (secondary N) is 2. The van der Waals surface area contributed by atoms with Crippen molar-refractivity contribution in [3.8, 4) is 0 Å². The van der Waals surface area contributed by atoms with Crippen LogP contribution in [0.3, 0.4) is 0 Å². The number of sulfonamides is 1. The van der Waals surface area contributed by atoms with Gasteiger partial charge < -0.3 is 10.2 Å². The highest BCUT2D eigenvalue weighted by atomic mass is 32.2. The number of carbonyl (C=O) groups is 1. The van der Waals surface area contributed by atoms with Crippen molar-refractivity contribution in [3.05, 3.63) is 54.1 Å². The van der Waals surface area contributed by atoms with E-state index >= 15 is 0 Å². The zero-order chi connectivity index (χ0) is 23.1. The van der Waals surface area contributed by atoms with E-state index in [-0.39, 0.29) is 17.3 Å². The lowest BCUT2D eigenvalue weighted by Crippen LogP contribution is -2.31. The fourth-order valence-electron chi connectivity index (χ4n) is 3.54. The monoisotopic (exact) mass is 456 g/mol. The molecule has 0 spiro atoms. The third kappa shape index (κ3) is 6.56. The molecule has 0 saturated heterocycles. The van der Waals surface area contributed by atoms with Crippen LogP contribution >= 0.6 is 0 Å². The fraction of sp³-hybridized carbons (Fsp3) is 0.417. The van der Waals surface area contributed by atoms with Crippen molar-refractivity contribution in [1.82, 2.24) is 4.72 Å². The third-order valence-electron chi connectivity index (χ3n) is 5.41. The number of hydrogen-bond donors (Lipinski definition) is 2. The molecule has 0 fully saturated rings. The van der Waals surface area contributed by atoms with Crippen LogP contribution in [0.15, 0.2) is 58.4 Å². The lowest BCUT2D eigenvalue weighted by atomic mass is 10.0. The average molecular weight is 457 g/mol. The van der Waals surface area contributed by atoms with Gasteiger partial charge in [-0.05, 0) is 54.7 Å². The number of amidine groups is 1. The topological polar surface area (TPSA) is 90.9 Å². The number of rotatable bonds is 7. The summed E-state index contributed by atoms with van der Waals surface area (Å²) >= 11 is 0. The lowest BCUT2D eigenvalue weighted by Gasteiger charge is -2.20. The second-order valence-electron chi connectivity index (χ2n) is 8.43. The van der Waals surface area contributed by atoms with Gasteiger partial charge in [0.15, 0.2) is 0 Å². The van der Waals surface area contributed by atoms with E-state index in [4.69, 9.17) is 0 Å². The zero-order valence-corrected chi connectivity index (χ0v) is 19.8. The van der Waals surface area contributed by atoms with E-state index in [0.717, 1.165) is 24.9 Å². The maximum absolute atomic E-state index is 12.8. The van der Waals surface area contributed by atoms with Crippen LogP contribution in [-0.4, -0.2) is 40.3 Å². The number of aliphatic imine (C=N–C) groups is 1. The number of carbonyl (C=O) groups excluding carboxylic acids is 1. The molecule has 2 aromatic rings. The molecule has 1 aliphatic heterocycles. The third-order valence-corrected chi connectivity index (χ3v) is 6.79. The van der Waals surface area contributed by atoms with Crippen molar-refractivity contribution in [2.75, 3.05) is 30.4 Å². The molecule has 1 amide bonds. The maximum Gasteiger partial charge on any atom is 0.262 e. The smallest absolute Gasteiger partial charge is 0.262 e. The van der Waals surface area contributed by atoms with Crippen molar-refractivity contribution in [1.29, 1.82) is 0 Å². The van der Waals surface area contributed by atoms with E-state index in [1.165, 1.54) is 17.7 Å². The first-order valence-corrected chi connectivity index (χ1v) is 12.5. The van der Waals surface area contributed by atoms with Crippen LogP contribution in [0.2, 0.25) is 0 Å². The van der Waals surface area contributed by atoms with Crippen LogP contribution in [0.5, 0.6) is 0 Å². The van der Waals surface area contributed by atoms with Crippen molar-refractivity contribution >= 4 is 33.1 Å². The molecule has 32 heavy (non-hydrogen) atoms. The van der Waals surface area contributed by atoms with Crippen LogP contribution in [0.1, 0.15) is 51.0 Å². The summed E-state index contributed by atoms with van der Waals surface area (Å²) in [7, 11) is -1.90. The summed E-state index contributed by atoms with van der Waals surface area (Å²) < 4.78 is 28.2. The van der Waals surface area contributed by atoms with Crippen molar-refractivity contribution < 1.29 is 13.2 Å². The molecular formula is C24H32N4O3S. The molecule has 2 N–H and O–H groups in total. The Morgan fingerprint density at radius 2 is 1.88 bits per heavy atom. The molecule has 0 aliphatic carbocycles. The number of amides is 1. The summed E-state index contributed by atoms with van der Waals surface area (Å²) in [6.07, 6.45) is 3.57. The molecule has 172 valence electrons. The Kier molecular flexibility index (Phi) is 7.90. The van der Waals surface area contributed by atoms with Gasteiger partial charge >= 0.3 is 0 Å². The van der Waals surface area contributed by atoms with E-state index in [1.54, 1.807) is 12.1 Å². The summed E-state index contributed by atoms with van der Waals surface area (Å²) in [6, 6.07) is 14.4.